The molecule has 138 valence electrons. The quantitative estimate of drug-likeness (QED) is 0.750. The van der Waals surface area contributed by atoms with Crippen molar-refractivity contribution in [2.24, 2.45) is 0 Å². The van der Waals surface area contributed by atoms with Gasteiger partial charge in [0.05, 0.1) is 26.2 Å². The highest BCUT2D eigenvalue weighted by molar-refractivity contribution is 5.86. The summed E-state index contributed by atoms with van der Waals surface area (Å²) >= 11 is 0. The second kappa shape index (κ2) is 9.05. The van der Waals surface area contributed by atoms with Gasteiger partial charge in [0.1, 0.15) is 6.04 Å². The molecule has 0 bridgehead atoms. The smallest absolute Gasteiger partial charge is 0.416 e. The van der Waals surface area contributed by atoms with E-state index in [4.69, 9.17) is 0 Å². The molecule has 0 heterocycles. The normalized spacial score (nSPS) is 12.2. The van der Waals surface area contributed by atoms with Crippen LogP contribution in [0.4, 0.5) is 13.2 Å². The molecule has 9 heteroatoms. The van der Waals surface area contributed by atoms with Crippen molar-refractivity contribution in [1.82, 2.24) is 5.32 Å². The van der Waals surface area contributed by atoms with Crippen LogP contribution in [0, 0.1) is 0 Å². The van der Waals surface area contributed by atoms with Crippen LogP contribution in [0.25, 0.3) is 0 Å². The summed E-state index contributed by atoms with van der Waals surface area (Å²) in [6, 6.07) is 3.06. The molecule has 0 saturated carbocycles. The van der Waals surface area contributed by atoms with Gasteiger partial charge in [-0.25, -0.2) is 4.79 Å². The van der Waals surface area contributed by atoms with E-state index in [9.17, 15) is 27.6 Å². The number of carbonyl (C=O) groups is 3. The first-order valence-electron chi connectivity index (χ1n) is 7.27. The third kappa shape index (κ3) is 6.82. The Bertz CT molecular complexity index is 613. The van der Waals surface area contributed by atoms with Gasteiger partial charge in [-0.1, -0.05) is 12.1 Å². The van der Waals surface area contributed by atoms with Crippen molar-refractivity contribution in [2.75, 3.05) is 14.2 Å². The van der Waals surface area contributed by atoms with Gasteiger partial charge in [-0.3, -0.25) is 9.59 Å². The van der Waals surface area contributed by atoms with Crippen molar-refractivity contribution in [2.45, 2.75) is 31.5 Å². The third-order valence-electron chi connectivity index (χ3n) is 3.33. The van der Waals surface area contributed by atoms with E-state index in [-0.39, 0.29) is 19.3 Å². The number of hydrogen-bond donors (Lipinski definition) is 1. The lowest BCUT2D eigenvalue weighted by atomic mass is 10.1. The molecule has 0 aliphatic rings. The average molecular weight is 361 g/mol. The Balaban J connectivity index is 2.67. The van der Waals surface area contributed by atoms with E-state index < -0.39 is 35.6 Å². The number of ether oxygens (including phenoxy) is 2. The van der Waals surface area contributed by atoms with Crippen molar-refractivity contribution in [3.05, 3.63) is 35.4 Å². The fourth-order valence-corrected chi connectivity index (χ4v) is 2.00. The van der Waals surface area contributed by atoms with Crippen LogP contribution in [0.1, 0.15) is 24.0 Å². The predicted octanol–water partition coefficient (Wildman–Crippen LogP) is 1.86. The Morgan fingerprint density at radius 1 is 1.08 bits per heavy atom. The molecule has 1 N–H and O–H groups in total. The average Bonchev–Trinajstić information content (AvgIpc) is 2.57. The summed E-state index contributed by atoms with van der Waals surface area (Å²) in [5, 5.41) is 2.40. The number of esters is 2. The van der Waals surface area contributed by atoms with Crippen LogP contribution in [0.5, 0.6) is 0 Å². The monoisotopic (exact) mass is 361 g/mol. The van der Waals surface area contributed by atoms with E-state index in [0.717, 1.165) is 19.2 Å². The Morgan fingerprint density at radius 2 is 1.68 bits per heavy atom. The minimum Gasteiger partial charge on any atom is -0.469 e. The van der Waals surface area contributed by atoms with Gasteiger partial charge in [-0.15, -0.1) is 0 Å². The SMILES string of the molecule is COC(=O)CC[C@@H](NC(=O)Cc1ccc(C(F)(F)F)cc1)C(=O)OC. The highest BCUT2D eigenvalue weighted by atomic mass is 19.4. The number of nitrogens with one attached hydrogen (secondary N) is 1. The Hall–Kier alpha value is -2.58. The van der Waals surface area contributed by atoms with Crippen molar-refractivity contribution >= 4 is 17.8 Å². The molecule has 0 spiro atoms. The Morgan fingerprint density at radius 3 is 2.16 bits per heavy atom. The first kappa shape index (κ1) is 20.5. The fourth-order valence-electron chi connectivity index (χ4n) is 2.00. The number of carbonyl (C=O) groups excluding carboxylic acids is 3. The molecule has 25 heavy (non-hydrogen) atoms. The van der Waals surface area contributed by atoms with Gasteiger partial charge in [-0.05, 0) is 24.1 Å². The number of amides is 1. The number of alkyl halides is 3. The molecule has 0 radical (unpaired) electrons. The van der Waals surface area contributed by atoms with Gasteiger partial charge in [0.2, 0.25) is 5.91 Å². The Labute approximate surface area is 142 Å². The summed E-state index contributed by atoms with van der Waals surface area (Å²) in [7, 11) is 2.33. The van der Waals surface area contributed by atoms with Gasteiger partial charge in [0.15, 0.2) is 0 Å². The molecule has 0 aliphatic carbocycles. The van der Waals surface area contributed by atoms with Crippen LogP contribution in [-0.2, 0) is 36.5 Å². The largest absolute Gasteiger partial charge is 0.469 e. The number of halogens is 3. The molecule has 0 unspecified atom stereocenters. The summed E-state index contributed by atoms with van der Waals surface area (Å²) in [4.78, 5) is 34.8. The zero-order chi connectivity index (χ0) is 19.0. The van der Waals surface area contributed by atoms with E-state index in [2.05, 4.69) is 14.8 Å². The number of methoxy groups -OCH3 is 2. The van der Waals surface area contributed by atoms with Crippen molar-refractivity contribution in [1.29, 1.82) is 0 Å². The lowest BCUT2D eigenvalue weighted by molar-refractivity contribution is -0.146. The standard InChI is InChI=1S/C16H18F3NO5/c1-24-14(22)8-7-12(15(23)25-2)20-13(21)9-10-3-5-11(6-4-10)16(17,18)19/h3-6,12H,7-9H2,1-2H3,(H,20,21)/t12-/m1/s1. The minimum atomic E-state index is -4.45. The molecule has 1 rings (SSSR count). The van der Waals surface area contributed by atoms with E-state index in [1.807, 2.05) is 0 Å². The third-order valence-corrected chi connectivity index (χ3v) is 3.33. The van der Waals surface area contributed by atoms with E-state index in [1.54, 1.807) is 0 Å². The van der Waals surface area contributed by atoms with E-state index >= 15 is 0 Å². The summed E-state index contributed by atoms with van der Waals surface area (Å²) in [5.74, 6) is -1.87. The lowest BCUT2D eigenvalue weighted by Gasteiger charge is -2.16. The summed E-state index contributed by atoms with van der Waals surface area (Å²) in [6.45, 7) is 0. The van der Waals surface area contributed by atoms with Crippen LogP contribution in [0.15, 0.2) is 24.3 Å². The molecule has 0 saturated heterocycles. The molecule has 0 fully saturated rings. The van der Waals surface area contributed by atoms with Gasteiger partial charge in [0, 0.05) is 6.42 Å². The van der Waals surface area contributed by atoms with Crippen LogP contribution in [0.2, 0.25) is 0 Å². The van der Waals surface area contributed by atoms with Gasteiger partial charge >= 0.3 is 18.1 Å². The van der Waals surface area contributed by atoms with E-state index in [0.29, 0.717) is 5.56 Å². The topological polar surface area (TPSA) is 81.7 Å². The second-order valence-corrected chi connectivity index (χ2v) is 5.13. The molecular formula is C16H18F3NO5. The summed E-state index contributed by atoms with van der Waals surface area (Å²) in [5.41, 5.74) is -0.468. The maximum absolute atomic E-state index is 12.5. The zero-order valence-corrected chi connectivity index (χ0v) is 13.7. The predicted molar refractivity (Wildman–Crippen MR) is 80.3 cm³/mol. The fraction of sp³-hybridized carbons (Fsp3) is 0.438. The summed E-state index contributed by atoms with van der Waals surface area (Å²) in [6.07, 6.45) is -4.79. The molecule has 6 nitrogen and oxygen atoms in total. The zero-order valence-electron chi connectivity index (χ0n) is 13.7. The summed E-state index contributed by atoms with van der Waals surface area (Å²) < 4.78 is 46.5. The van der Waals surface area contributed by atoms with Gasteiger partial charge < -0.3 is 14.8 Å². The number of benzene rings is 1. The Kier molecular flexibility index (Phi) is 7.41. The molecule has 0 aliphatic heterocycles. The van der Waals surface area contributed by atoms with Crippen molar-refractivity contribution in [3.63, 3.8) is 0 Å². The minimum absolute atomic E-state index is 0.0158. The van der Waals surface area contributed by atoms with Crippen LogP contribution >= 0.6 is 0 Å². The van der Waals surface area contributed by atoms with E-state index in [1.165, 1.54) is 19.2 Å². The molecular weight excluding hydrogens is 343 g/mol. The van der Waals surface area contributed by atoms with Crippen molar-refractivity contribution in [3.8, 4) is 0 Å². The molecule has 1 aromatic rings. The van der Waals surface area contributed by atoms with Crippen LogP contribution in [0.3, 0.4) is 0 Å². The van der Waals surface area contributed by atoms with Crippen molar-refractivity contribution < 1.29 is 37.0 Å². The van der Waals surface area contributed by atoms with Crippen LogP contribution in [-0.4, -0.2) is 38.1 Å². The molecule has 1 atom stereocenters. The maximum atomic E-state index is 12.5. The molecule has 1 amide bonds. The van der Waals surface area contributed by atoms with Crippen LogP contribution < -0.4 is 5.32 Å². The maximum Gasteiger partial charge on any atom is 0.416 e. The number of hydrogen-bond acceptors (Lipinski definition) is 5. The van der Waals surface area contributed by atoms with Gasteiger partial charge in [-0.2, -0.15) is 13.2 Å². The van der Waals surface area contributed by atoms with Gasteiger partial charge in [0.25, 0.3) is 0 Å². The second-order valence-electron chi connectivity index (χ2n) is 5.13. The lowest BCUT2D eigenvalue weighted by Crippen LogP contribution is -2.42. The molecule has 1 aromatic carbocycles. The highest BCUT2D eigenvalue weighted by Crippen LogP contribution is 2.29. The number of rotatable bonds is 7. The first-order valence-corrected chi connectivity index (χ1v) is 7.27. The molecule has 0 aromatic heterocycles. The highest BCUT2D eigenvalue weighted by Gasteiger charge is 2.30. The first-order chi connectivity index (χ1) is 11.7.